The van der Waals surface area contributed by atoms with Gasteiger partial charge in [-0.2, -0.15) is 0 Å². The molecule has 0 fully saturated rings. The van der Waals surface area contributed by atoms with Gasteiger partial charge in [-0.05, 0) is 43.2 Å². The first-order chi connectivity index (χ1) is 14.0. The Labute approximate surface area is 195 Å². The van der Waals surface area contributed by atoms with Gasteiger partial charge in [-0.1, -0.05) is 12.1 Å². The first-order valence-corrected chi connectivity index (χ1v) is 9.56. The predicted octanol–water partition coefficient (Wildman–Crippen LogP) is 3.64. The van der Waals surface area contributed by atoms with Crippen molar-refractivity contribution in [3.63, 3.8) is 0 Å². The molecule has 30 heavy (non-hydrogen) atoms. The SMILES string of the molecule is CCNC(=NCCc1cccc(C(=O)N(C)C)c1)Nc1ccc(OC)c(OC)c1.I. The van der Waals surface area contributed by atoms with Crippen molar-refractivity contribution >= 4 is 41.5 Å². The van der Waals surface area contributed by atoms with E-state index >= 15 is 0 Å². The molecule has 7 nitrogen and oxygen atoms in total. The Morgan fingerprint density at radius 3 is 2.43 bits per heavy atom. The van der Waals surface area contributed by atoms with Crippen molar-refractivity contribution in [1.29, 1.82) is 0 Å². The summed E-state index contributed by atoms with van der Waals surface area (Å²) in [6, 6.07) is 13.3. The second kappa shape index (κ2) is 12.9. The van der Waals surface area contributed by atoms with E-state index in [1.165, 1.54) is 0 Å². The molecule has 0 unspecified atom stereocenters. The summed E-state index contributed by atoms with van der Waals surface area (Å²) < 4.78 is 10.6. The number of amides is 1. The minimum absolute atomic E-state index is 0. The van der Waals surface area contributed by atoms with Crippen LogP contribution in [0.15, 0.2) is 47.5 Å². The van der Waals surface area contributed by atoms with E-state index in [0.29, 0.717) is 29.6 Å². The van der Waals surface area contributed by atoms with Gasteiger partial charge in [0.2, 0.25) is 0 Å². The van der Waals surface area contributed by atoms with Crippen LogP contribution in [0.1, 0.15) is 22.8 Å². The molecule has 0 aliphatic carbocycles. The Morgan fingerprint density at radius 2 is 1.80 bits per heavy atom. The lowest BCUT2D eigenvalue weighted by Gasteiger charge is -2.14. The summed E-state index contributed by atoms with van der Waals surface area (Å²) in [7, 11) is 6.72. The van der Waals surface area contributed by atoms with Gasteiger partial charge >= 0.3 is 0 Å². The summed E-state index contributed by atoms with van der Waals surface area (Å²) in [6.45, 7) is 3.34. The number of hydrogen-bond acceptors (Lipinski definition) is 4. The van der Waals surface area contributed by atoms with Crippen LogP contribution in [0.5, 0.6) is 11.5 Å². The van der Waals surface area contributed by atoms with Gasteiger partial charge in [-0.15, -0.1) is 24.0 Å². The molecule has 0 heterocycles. The molecule has 0 bridgehead atoms. The summed E-state index contributed by atoms with van der Waals surface area (Å²) in [5.41, 5.74) is 2.61. The van der Waals surface area contributed by atoms with E-state index in [1.54, 1.807) is 33.2 Å². The molecule has 0 aliphatic heterocycles. The second-order valence-corrected chi connectivity index (χ2v) is 6.61. The third kappa shape index (κ3) is 7.40. The number of halogens is 1. The number of nitrogens with zero attached hydrogens (tertiary/aromatic N) is 2. The van der Waals surface area contributed by atoms with E-state index in [9.17, 15) is 4.79 Å². The first-order valence-electron chi connectivity index (χ1n) is 9.56. The maximum Gasteiger partial charge on any atom is 0.253 e. The molecule has 0 aromatic heterocycles. The average Bonchev–Trinajstić information content (AvgIpc) is 2.73. The van der Waals surface area contributed by atoms with Crippen LogP contribution in [0, 0.1) is 0 Å². The van der Waals surface area contributed by atoms with Gasteiger partial charge in [0.1, 0.15) is 0 Å². The number of hydrogen-bond donors (Lipinski definition) is 2. The number of carbonyl (C=O) groups excluding carboxylic acids is 1. The van der Waals surface area contributed by atoms with Gasteiger partial charge in [-0.3, -0.25) is 9.79 Å². The molecule has 0 spiro atoms. The van der Waals surface area contributed by atoms with E-state index in [0.717, 1.165) is 24.2 Å². The molecule has 164 valence electrons. The van der Waals surface area contributed by atoms with Crippen molar-refractivity contribution in [3.8, 4) is 11.5 Å². The number of ether oxygens (including phenoxy) is 2. The van der Waals surface area contributed by atoms with Crippen molar-refractivity contribution in [2.24, 2.45) is 4.99 Å². The average molecular weight is 526 g/mol. The largest absolute Gasteiger partial charge is 0.493 e. The Balaban J connectivity index is 0.00000450. The lowest BCUT2D eigenvalue weighted by Crippen LogP contribution is -2.30. The van der Waals surface area contributed by atoms with Gasteiger partial charge in [0.25, 0.3) is 5.91 Å². The summed E-state index contributed by atoms with van der Waals surface area (Å²) in [6.07, 6.45) is 0.733. The van der Waals surface area contributed by atoms with Crippen LogP contribution in [0.25, 0.3) is 0 Å². The van der Waals surface area contributed by atoms with Crippen molar-refractivity contribution in [2.45, 2.75) is 13.3 Å². The van der Waals surface area contributed by atoms with Crippen molar-refractivity contribution in [2.75, 3.05) is 46.7 Å². The molecule has 2 rings (SSSR count). The van der Waals surface area contributed by atoms with Crippen molar-refractivity contribution in [1.82, 2.24) is 10.2 Å². The minimum atomic E-state index is -0.00110. The number of guanidine groups is 1. The highest BCUT2D eigenvalue weighted by Gasteiger charge is 2.09. The Bertz CT molecular complexity index is 856. The maximum atomic E-state index is 12.1. The topological polar surface area (TPSA) is 75.2 Å². The van der Waals surface area contributed by atoms with Crippen LogP contribution in [0.2, 0.25) is 0 Å². The summed E-state index contributed by atoms with van der Waals surface area (Å²) >= 11 is 0. The number of aliphatic imine (C=N–C) groups is 1. The van der Waals surface area contributed by atoms with Gasteiger partial charge in [0.15, 0.2) is 17.5 Å². The van der Waals surface area contributed by atoms with Crippen LogP contribution in [0.4, 0.5) is 5.69 Å². The monoisotopic (exact) mass is 526 g/mol. The number of methoxy groups -OCH3 is 2. The number of nitrogens with one attached hydrogen (secondary N) is 2. The van der Waals surface area contributed by atoms with Crippen LogP contribution in [0.3, 0.4) is 0 Å². The fourth-order valence-electron chi connectivity index (χ4n) is 2.77. The highest BCUT2D eigenvalue weighted by Crippen LogP contribution is 2.29. The zero-order chi connectivity index (χ0) is 21.2. The highest BCUT2D eigenvalue weighted by atomic mass is 127. The lowest BCUT2D eigenvalue weighted by atomic mass is 10.1. The summed E-state index contributed by atoms with van der Waals surface area (Å²) in [4.78, 5) is 18.3. The Kier molecular flexibility index (Phi) is 11.0. The number of rotatable bonds is 8. The molecule has 0 saturated heterocycles. The molecule has 2 aromatic carbocycles. The van der Waals surface area contributed by atoms with E-state index in [1.807, 2.05) is 49.4 Å². The highest BCUT2D eigenvalue weighted by molar-refractivity contribution is 14.0. The van der Waals surface area contributed by atoms with Crippen molar-refractivity contribution in [3.05, 3.63) is 53.6 Å². The quantitative estimate of drug-likeness (QED) is 0.312. The Morgan fingerprint density at radius 1 is 1.07 bits per heavy atom. The van der Waals surface area contributed by atoms with E-state index in [2.05, 4.69) is 15.6 Å². The maximum absolute atomic E-state index is 12.1. The van der Waals surface area contributed by atoms with Crippen LogP contribution >= 0.6 is 24.0 Å². The lowest BCUT2D eigenvalue weighted by molar-refractivity contribution is 0.0827. The molecule has 0 aliphatic rings. The zero-order valence-electron chi connectivity index (χ0n) is 18.2. The van der Waals surface area contributed by atoms with Crippen molar-refractivity contribution < 1.29 is 14.3 Å². The third-order valence-corrected chi connectivity index (χ3v) is 4.24. The molecule has 2 N–H and O–H groups in total. The standard InChI is InChI=1S/C22H30N4O3.HI/c1-6-23-22(25-18-10-11-19(28-4)20(15-18)29-5)24-13-12-16-8-7-9-17(14-16)21(27)26(2)3;/h7-11,14-15H,6,12-13H2,1-5H3,(H2,23,24,25);1H. The minimum Gasteiger partial charge on any atom is -0.493 e. The van der Waals surface area contributed by atoms with Gasteiger partial charge < -0.3 is 25.0 Å². The molecule has 0 saturated carbocycles. The molecular weight excluding hydrogens is 495 g/mol. The fraction of sp³-hybridized carbons (Fsp3) is 0.364. The normalized spacial score (nSPS) is 10.6. The zero-order valence-corrected chi connectivity index (χ0v) is 20.5. The number of carbonyl (C=O) groups is 1. The Hall–Kier alpha value is -2.49. The molecule has 2 aromatic rings. The van der Waals surface area contributed by atoms with E-state index < -0.39 is 0 Å². The smallest absolute Gasteiger partial charge is 0.253 e. The van der Waals surface area contributed by atoms with E-state index in [-0.39, 0.29) is 29.9 Å². The van der Waals surface area contributed by atoms with E-state index in [4.69, 9.17) is 9.47 Å². The molecule has 0 atom stereocenters. The summed E-state index contributed by atoms with van der Waals surface area (Å²) in [5.74, 6) is 2.00. The molecule has 1 amide bonds. The van der Waals surface area contributed by atoms with Crippen LogP contribution in [-0.4, -0.2) is 58.2 Å². The molecule has 8 heteroatoms. The first kappa shape index (κ1) is 25.5. The fourth-order valence-corrected chi connectivity index (χ4v) is 2.77. The second-order valence-electron chi connectivity index (χ2n) is 6.61. The molecule has 0 radical (unpaired) electrons. The summed E-state index contributed by atoms with van der Waals surface area (Å²) in [5, 5.41) is 6.51. The number of benzene rings is 2. The molecular formula is C22H31IN4O3. The van der Waals surface area contributed by atoms with Gasteiger partial charge in [0, 0.05) is 44.5 Å². The van der Waals surface area contributed by atoms with Crippen LogP contribution in [-0.2, 0) is 6.42 Å². The van der Waals surface area contributed by atoms with Gasteiger partial charge in [-0.25, -0.2) is 0 Å². The van der Waals surface area contributed by atoms with Gasteiger partial charge in [0.05, 0.1) is 14.2 Å². The van der Waals surface area contributed by atoms with Crippen LogP contribution < -0.4 is 20.1 Å². The third-order valence-electron chi connectivity index (χ3n) is 4.24. The number of anilines is 1. The predicted molar refractivity (Wildman–Crippen MR) is 133 cm³/mol.